The third-order valence-corrected chi connectivity index (χ3v) is 4.89. The molecule has 1 aliphatic heterocycles. The van der Waals surface area contributed by atoms with E-state index in [-0.39, 0.29) is 11.2 Å². The zero-order chi connectivity index (χ0) is 16.0. The standard InChI is InChI=1S/C17H25BO4/c1-16(2)17(3,4)22-18(21-16)14-9-8-13(10-15(14)19-5)20-11-12-6-7-12/h8-10,12H,6-7,11H2,1-5H3. The highest BCUT2D eigenvalue weighted by atomic mass is 16.7. The van der Waals surface area contributed by atoms with Gasteiger partial charge in [-0.15, -0.1) is 0 Å². The molecule has 3 rings (SSSR count). The van der Waals surface area contributed by atoms with E-state index >= 15 is 0 Å². The van der Waals surface area contributed by atoms with Crippen LogP contribution in [-0.4, -0.2) is 32.0 Å². The lowest BCUT2D eigenvalue weighted by atomic mass is 9.78. The van der Waals surface area contributed by atoms with Gasteiger partial charge in [0.25, 0.3) is 0 Å². The van der Waals surface area contributed by atoms with Crippen LogP contribution >= 0.6 is 0 Å². The molecule has 1 saturated heterocycles. The summed E-state index contributed by atoms with van der Waals surface area (Å²) in [6.45, 7) is 8.98. The molecule has 22 heavy (non-hydrogen) atoms. The Morgan fingerprint density at radius 3 is 2.32 bits per heavy atom. The molecule has 1 aromatic rings. The normalized spacial score (nSPS) is 22.7. The first-order valence-electron chi connectivity index (χ1n) is 7.99. The van der Waals surface area contributed by atoms with Crippen LogP contribution in [0, 0.1) is 5.92 Å². The maximum atomic E-state index is 6.10. The predicted octanol–water partition coefficient (Wildman–Crippen LogP) is 2.78. The first-order valence-corrected chi connectivity index (χ1v) is 7.99. The van der Waals surface area contributed by atoms with Gasteiger partial charge in [-0.25, -0.2) is 0 Å². The molecule has 0 N–H and O–H groups in total. The van der Waals surface area contributed by atoms with Crippen molar-refractivity contribution in [3.05, 3.63) is 18.2 Å². The van der Waals surface area contributed by atoms with Gasteiger partial charge in [0.2, 0.25) is 0 Å². The van der Waals surface area contributed by atoms with Crippen LogP contribution < -0.4 is 14.9 Å². The molecule has 1 saturated carbocycles. The van der Waals surface area contributed by atoms with Gasteiger partial charge in [0.15, 0.2) is 0 Å². The molecule has 0 bridgehead atoms. The first-order chi connectivity index (χ1) is 10.3. The summed E-state index contributed by atoms with van der Waals surface area (Å²) in [6.07, 6.45) is 2.56. The number of methoxy groups -OCH3 is 1. The van der Waals surface area contributed by atoms with E-state index in [1.807, 2.05) is 45.9 Å². The smallest absolute Gasteiger partial charge is 0.497 e. The van der Waals surface area contributed by atoms with Gasteiger partial charge in [0.1, 0.15) is 11.5 Å². The van der Waals surface area contributed by atoms with Gasteiger partial charge in [-0.1, -0.05) is 6.07 Å². The Hall–Kier alpha value is -1.20. The second kappa shape index (κ2) is 5.46. The summed E-state index contributed by atoms with van der Waals surface area (Å²) in [5.74, 6) is 2.31. The van der Waals surface area contributed by atoms with E-state index in [0.717, 1.165) is 29.5 Å². The summed E-state index contributed by atoms with van der Waals surface area (Å²) in [5, 5.41) is 0. The van der Waals surface area contributed by atoms with Crippen LogP contribution in [0.4, 0.5) is 0 Å². The van der Waals surface area contributed by atoms with Crippen molar-refractivity contribution in [3.8, 4) is 11.5 Å². The van der Waals surface area contributed by atoms with Crippen molar-refractivity contribution >= 4 is 12.6 Å². The fraction of sp³-hybridized carbons (Fsp3) is 0.647. The molecule has 0 atom stereocenters. The van der Waals surface area contributed by atoms with Crippen LogP contribution in [-0.2, 0) is 9.31 Å². The number of ether oxygens (including phenoxy) is 2. The fourth-order valence-corrected chi connectivity index (χ4v) is 2.44. The predicted molar refractivity (Wildman–Crippen MR) is 86.9 cm³/mol. The van der Waals surface area contributed by atoms with Gasteiger partial charge in [0, 0.05) is 11.5 Å². The van der Waals surface area contributed by atoms with Gasteiger partial charge < -0.3 is 18.8 Å². The minimum atomic E-state index is -0.419. The monoisotopic (exact) mass is 304 g/mol. The van der Waals surface area contributed by atoms with E-state index in [9.17, 15) is 0 Å². The average molecular weight is 304 g/mol. The van der Waals surface area contributed by atoms with Crippen LogP contribution in [0.15, 0.2) is 18.2 Å². The number of hydrogen-bond acceptors (Lipinski definition) is 4. The SMILES string of the molecule is COc1cc(OCC2CC2)ccc1B1OC(C)(C)C(C)(C)O1. The van der Waals surface area contributed by atoms with E-state index in [1.165, 1.54) is 12.8 Å². The van der Waals surface area contributed by atoms with Crippen LogP contribution in [0.2, 0.25) is 0 Å². The molecule has 1 aliphatic carbocycles. The largest absolute Gasteiger partial charge is 0.498 e. The molecule has 0 amide bonds. The molecule has 2 fully saturated rings. The highest BCUT2D eigenvalue weighted by molar-refractivity contribution is 6.63. The number of rotatable bonds is 5. The van der Waals surface area contributed by atoms with E-state index in [4.69, 9.17) is 18.8 Å². The van der Waals surface area contributed by atoms with Gasteiger partial charge >= 0.3 is 7.12 Å². The minimum absolute atomic E-state index is 0.357. The molecule has 1 aromatic carbocycles. The van der Waals surface area contributed by atoms with Crippen molar-refractivity contribution in [3.63, 3.8) is 0 Å². The van der Waals surface area contributed by atoms with Gasteiger partial charge in [-0.05, 0) is 52.5 Å². The van der Waals surface area contributed by atoms with Crippen molar-refractivity contribution in [2.45, 2.75) is 51.7 Å². The molecule has 2 aliphatic rings. The molecule has 4 nitrogen and oxygen atoms in total. The van der Waals surface area contributed by atoms with Crippen molar-refractivity contribution in [2.75, 3.05) is 13.7 Å². The Morgan fingerprint density at radius 2 is 1.77 bits per heavy atom. The van der Waals surface area contributed by atoms with E-state index < -0.39 is 7.12 Å². The summed E-state index contributed by atoms with van der Waals surface area (Å²) in [4.78, 5) is 0. The maximum Gasteiger partial charge on any atom is 0.498 e. The zero-order valence-electron chi connectivity index (χ0n) is 14.1. The van der Waals surface area contributed by atoms with E-state index in [0.29, 0.717) is 0 Å². The first kappa shape index (κ1) is 15.7. The summed E-state index contributed by atoms with van der Waals surface area (Å²) >= 11 is 0. The van der Waals surface area contributed by atoms with Crippen molar-refractivity contribution in [1.29, 1.82) is 0 Å². The quantitative estimate of drug-likeness (QED) is 0.784. The molecular formula is C17H25BO4. The van der Waals surface area contributed by atoms with Crippen LogP contribution in [0.3, 0.4) is 0 Å². The average Bonchev–Trinajstić information content (AvgIpc) is 3.24. The summed E-state index contributed by atoms with van der Waals surface area (Å²) in [5.41, 5.74) is 0.188. The summed E-state index contributed by atoms with van der Waals surface area (Å²) < 4.78 is 23.5. The molecule has 0 unspecified atom stereocenters. The van der Waals surface area contributed by atoms with Gasteiger partial charge in [-0.2, -0.15) is 0 Å². The Balaban J connectivity index is 1.78. The number of hydrogen-bond donors (Lipinski definition) is 0. The van der Waals surface area contributed by atoms with E-state index in [2.05, 4.69) is 0 Å². The lowest BCUT2D eigenvalue weighted by Gasteiger charge is -2.32. The third kappa shape index (κ3) is 2.97. The number of benzene rings is 1. The highest BCUT2D eigenvalue weighted by Crippen LogP contribution is 2.37. The molecule has 0 aromatic heterocycles. The maximum absolute atomic E-state index is 6.10. The summed E-state index contributed by atoms with van der Waals surface area (Å²) in [6, 6.07) is 5.86. The van der Waals surface area contributed by atoms with Crippen molar-refractivity contribution in [2.24, 2.45) is 5.92 Å². The zero-order valence-corrected chi connectivity index (χ0v) is 14.1. The van der Waals surface area contributed by atoms with Crippen LogP contribution in [0.25, 0.3) is 0 Å². The minimum Gasteiger partial charge on any atom is -0.497 e. The third-order valence-electron chi connectivity index (χ3n) is 4.89. The Bertz CT molecular complexity index is 536. The second-order valence-corrected chi connectivity index (χ2v) is 7.25. The molecule has 5 heteroatoms. The van der Waals surface area contributed by atoms with Crippen molar-refractivity contribution in [1.82, 2.24) is 0 Å². The lowest BCUT2D eigenvalue weighted by molar-refractivity contribution is 0.00578. The van der Waals surface area contributed by atoms with Gasteiger partial charge in [0.05, 0.1) is 24.9 Å². The Labute approximate surface area is 133 Å². The Morgan fingerprint density at radius 1 is 1.14 bits per heavy atom. The molecule has 1 heterocycles. The van der Waals surface area contributed by atoms with Crippen LogP contribution in [0.1, 0.15) is 40.5 Å². The highest BCUT2D eigenvalue weighted by Gasteiger charge is 2.52. The lowest BCUT2D eigenvalue weighted by Crippen LogP contribution is -2.41. The molecule has 0 spiro atoms. The second-order valence-electron chi connectivity index (χ2n) is 7.25. The van der Waals surface area contributed by atoms with Crippen molar-refractivity contribution < 1.29 is 18.8 Å². The molecule has 0 radical (unpaired) electrons. The summed E-state index contributed by atoms with van der Waals surface area (Å²) in [7, 11) is 1.24. The van der Waals surface area contributed by atoms with Crippen LogP contribution in [0.5, 0.6) is 11.5 Å². The Kier molecular flexibility index (Phi) is 3.90. The fourth-order valence-electron chi connectivity index (χ4n) is 2.44. The molecular weight excluding hydrogens is 279 g/mol. The topological polar surface area (TPSA) is 36.9 Å². The van der Waals surface area contributed by atoms with E-state index in [1.54, 1.807) is 7.11 Å². The van der Waals surface area contributed by atoms with Gasteiger partial charge in [-0.3, -0.25) is 0 Å². The molecule has 120 valence electrons.